The van der Waals surface area contributed by atoms with Crippen LogP contribution < -0.4 is 5.32 Å². The monoisotopic (exact) mass is 417 g/mol. The summed E-state index contributed by atoms with van der Waals surface area (Å²) in [6.45, 7) is 3.97. The van der Waals surface area contributed by atoms with Gasteiger partial charge in [-0.2, -0.15) is 0 Å². The zero-order valence-corrected chi connectivity index (χ0v) is 16.3. The maximum absolute atomic E-state index is 13.0. The summed E-state index contributed by atoms with van der Waals surface area (Å²) in [5, 5.41) is 3.05. The highest BCUT2D eigenvalue weighted by Crippen LogP contribution is 2.30. The minimum atomic E-state index is -0.648. The second-order valence-corrected chi connectivity index (χ2v) is 7.58. The standard InChI is InChI=1S/C20H17ClFN3O2S/c1-2-11-25-18(26)12-17(19(27)23-15-9-5-14(22)6-10-15)28-20(25)24-16-7-3-13(21)4-8-16/h2-10,17H,1,11-12H2,(H,23,27)/t17-/m1/s1. The minimum absolute atomic E-state index is 0.0329. The number of nitrogens with one attached hydrogen (secondary N) is 1. The van der Waals surface area contributed by atoms with Crippen LogP contribution >= 0.6 is 23.4 Å². The number of rotatable bonds is 5. The lowest BCUT2D eigenvalue weighted by atomic mass is 10.2. The summed E-state index contributed by atoms with van der Waals surface area (Å²) in [6.07, 6.45) is 1.64. The van der Waals surface area contributed by atoms with E-state index in [1.807, 2.05) is 0 Å². The van der Waals surface area contributed by atoms with Gasteiger partial charge >= 0.3 is 0 Å². The summed E-state index contributed by atoms with van der Waals surface area (Å²) >= 11 is 7.10. The van der Waals surface area contributed by atoms with E-state index in [0.717, 1.165) is 0 Å². The Bertz CT molecular complexity index is 916. The molecule has 0 spiro atoms. The molecule has 144 valence electrons. The summed E-state index contributed by atoms with van der Waals surface area (Å²) in [7, 11) is 0. The minimum Gasteiger partial charge on any atom is -0.325 e. The van der Waals surface area contributed by atoms with Crippen molar-refractivity contribution in [2.24, 2.45) is 4.99 Å². The Balaban J connectivity index is 1.81. The molecular weight excluding hydrogens is 401 g/mol. The van der Waals surface area contributed by atoms with Crippen molar-refractivity contribution in [3.63, 3.8) is 0 Å². The van der Waals surface area contributed by atoms with Crippen LogP contribution in [-0.4, -0.2) is 33.7 Å². The Morgan fingerprint density at radius 2 is 1.96 bits per heavy atom. The molecule has 1 heterocycles. The Hall–Kier alpha value is -2.64. The van der Waals surface area contributed by atoms with Gasteiger partial charge in [0.2, 0.25) is 11.8 Å². The van der Waals surface area contributed by atoms with E-state index in [1.54, 1.807) is 30.3 Å². The summed E-state index contributed by atoms with van der Waals surface area (Å²) in [4.78, 5) is 31.2. The van der Waals surface area contributed by atoms with Crippen LogP contribution in [0.4, 0.5) is 15.8 Å². The van der Waals surface area contributed by atoms with Crippen LogP contribution in [0.3, 0.4) is 0 Å². The number of anilines is 1. The first kappa shape index (κ1) is 20.1. The Morgan fingerprint density at radius 3 is 2.61 bits per heavy atom. The summed E-state index contributed by atoms with van der Waals surface area (Å²) in [5.74, 6) is -0.949. The van der Waals surface area contributed by atoms with E-state index >= 15 is 0 Å². The van der Waals surface area contributed by atoms with Crippen molar-refractivity contribution in [3.05, 3.63) is 72.0 Å². The fraction of sp³-hybridized carbons (Fsp3) is 0.150. The first-order chi connectivity index (χ1) is 13.5. The van der Waals surface area contributed by atoms with E-state index in [0.29, 0.717) is 28.1 Å². The summed E-state index contributed by atoms with van der Waals surface area (Å²) in [6, 6.07) is 12.3. The van der Waals surface area contributed by atoms with E-state index in [4.69, 9.17) is 11.6 Å². The maximum Gasteiger partial charge on any atom is 0.238 e. The van der Waals surface area contributed by atoms with Gasteiger partial charge in [-0.3, -0.25) is 14.5 Å². The van der Waals surface area contributed by atoms with Crippen LogP contribution in [0.25, 0.3) is 0 Å². The SMILES string of the molecule is C=CCN1C(=O)C[C@H](C(=O)Nc2ccc(F)cc2)SC1=Nc1ccc(Cl)cc1. The molecule has 0 radical (unpaired) electrons. The van der Waals surface area contributed by atoms with Gasteiger partial charge in [0.1, 0.15) is 11.1 Å². The molecule has 0 saturated carbocycles. The smallest absolute Gasteiger partial charge is 0.238 e. The molecule has 28 heavy (non-hydrogen) atoms. The molecule has 5 nitrogen and oxygen atoms in total. The highest BCUT2D eigenvalue weighted by Gasteiger charge is 2.35. The first-order valence-electron chi connectivity index (χ1n) is 8.45. The van der Waals surface area contributed by atoms with Crippen LogP contribution in [0.2, 0.25) is 5.02 Å². The Labute approximate surface area is 171 Å². The lowest BCUT2D eigenvalue weighted by molar-refractivity contribution is -0.129. The van der Waals surface area contributed by atoms with Crippen molar-refractivity contribution >= 4 is 51.7 Å². The van der Waals surface area contributed by atoms with Crippen molar-refractivity contribution in [3.8, 4) is 0 Å². The number of hydrogen-bond donors (Lipinski definition) is 1. The largest absolute Gasteiger partial charge is 0.325 e. The molecule has 1 atom stereocenters. The highest BCUT2D eigenvalue weighted by atomic mass is 35.5. The zero-order chi connectivity index (χ0) is 20.1. The third-order valence-corrected chi connectivity index (χ3v) is 5.35. The average molecular weight is 418 g/mol. The van der Waals surface area contributed by atoms with Gasteiger partial charge in [-0.1, -0.05) is 29.4 Å². The van der Waals surface area contributed by atoms with Crippen LogP contribution in [0.15, 0.2) is 66.2 Å². The number of benzene rings is 2. The zero-order valence-electron chi connectivity index (χ0n) is 14.8. The lowest BCUT2D eigenvalue weighted by Crippen LogP contribution is -2.45. The molecule has 2 aromatic carbocycles. The van der Waals surface area contributed by atoms with Crippen molar-refractivity contribution in [2.75, 3.05) is 11.9 Å². The van der Waals surface area contributed by atoms with Gasteiger partial charge in [-0.25, -0.2) is 9.38 Å². The first-order valence-corrected chi connectivity index (χ1v) is 9.70. The van der Waals surface area contributed by atoms with Gasteiger partial charge in [-0.05, 0) is 48.5 Å². The fourth-order valence-corrected chi connectivity index (χ4v) is 3.77. The molecule has 0 bridgehead atoms. The molecule has 2 amide bonds. The van der Waals surface area contributed by atoms with Crippen LogP contribution in [-0.2, 0) is 9.59 Å². The third-order valence-electron chi connectivity index (χ3n) is 3.91. The number of hydrogen-bond acceptors (Lipinski definition) is 4. The number of carbonyl (C=O) groups is 2. The number of carbonyl (C=O) groups excluding carboxylic acids is 2. The van der Waals surface area contributed by atoms with Gasteiger partial charge in [0, 0.05) is 23.7 Å². The Kier molecular flexibility index (Phi) is 6.49. The molecule has 0 aromatic heterocycles. The molecular formula is C20H17ClFN3O2S. The second kappa shape index (κ2) is 9.03. The molecule has 1 aliphatic rings. The molecule has 1 N–H and O–H groups in total. The predicted octanol–water partition coefficient (Wildman–Crippen LogP) is 4.63. The number of nitrogens with zero attached hydrogens (tertiary/aromatic N) is 2. The van der Waals surface area contributed by atoms with E-state index in [1.165, 1.54) is 40.9 Å². The molecule has 2 aromatic rings. The van der Waals surface area contributed by atoms with Gasteiger partial charge < -0.3 is 5.32 Å². The number of aliphatic imine (C=N–C) groups is 1. The lowest BCUT2D eigenvalue weighted by Gasteiger charge is -2.31. The Morgan fingerprint density at radius 1 is 1.29 bits per heavy atom. The summed E-state index contributed by atoms with van der Waals surface area (Å²) in [5.41, 5.74) is 1.08. The van der Waals surface area contributed by atoms with Crippen molar-refractivity contribution in [1.29, 1.82) is 0 Å². The topological polar surface area (TPSA) is 61.8 Å². The fourth-order valence-electron chi connectivity index (χ4n) is 2.53. The highest BCUT2D eigenvalue weighted by molar-refractivity contribution is 8.15. The second-order valence-electron chi connectivity index (χ2n) is 5.97. The summed E-state index contributed by atoms with van der Waals surface area (Å²) < 4.78 is 13.0. The predicted molar refractivity (Wildman–Crippen MR) is 111 cm³/mol. The molecule has 3 rings (SSSR count). The third kappa shape index (κ3) is 4.99. The van der Waals surface area contributed by atoms with Gasteiger partial charge in [0.25, 0.3) is 0 Å². The van der Waals surface area contributed by atoms with E-state index in [2.05, 4.69) is 16.9 Å². The average Bonchev–Trinajstić information content (AvgIpc) is 2.68. The van der Waals surface area contributed by atoms with E-state index in [-0.39, 0.29) is 18.2 Å². The molecule has 1 saturated heterocycles. The number of amidine groups is 1. The number of amides is 2. The molecule has 1 fully saturated rings. The molecule has 8 heteroatoms. The van der Waals surface area contributed by atoms with E-state index < -0.39 is 11.1 Å². The van der Waals surface area contributed by atoms with Crippen molar-refractivity contribution in [1.82, 2.24) is 4.90 Å². The molecule has 0 aliphatic carbocycles. The molecule has 1 aliphatic heterocycles. The van der Waals surface area contributed by atoms with Gasteiger partial charge in [0.15, 0.2) is 5.17 Å². The normalized spacial score (nSPS) is 18.2. The molecule has 0 unspecified atom stereocenters. The van der Waals surface area contributed by atoms with E-state index in [9.17, 15) is 14.0 Å². The van der Waals surface area contributed by atoms with Crippen LogP contribution in [0.5, 0.6) is 0 Å². The van der Waals surface area contributed by atoms with Crippen molar-refractivity contribution in [2.45, 2.75) is 11.7 Å². The van der Waals surface area contributed by atoms with Gasteiger partial charge in [0.05, 0.1) is 5.69 Å². The van der Waals surface area contributed by atoms with Crippen LogP contribution in [0.1, 0.15) is 6.42 Å². The quantitative estimate of drug-likeness (QED) is 0.722. The van der Waals surface area contributed by atoms with Crippen LogP contribution in [0, 0.1) is 5.82 Å². The van der Waals surface area contributed by atoms with Gasteiger partial charge in [-0.15, -0.1) is 6.58 Å². The number of thioether (sulfide) groups is 1. The van der Waals surface area contributed by atoms with Crippen molar-refractivity contribution < 1.29 is 14.0 Å². The maximum atomic E-state index is 13.0. The number of halogens is 2.